The van der Waals surface area contributed by atoms with E-state index in [1.807, 2.05) is 0 Å². The number of carbonyl (C=O) groups excluding carboxylic acids is 2. The van der Waals surface area contributed by atoms with Gasteiger partial charge in [0.25, 0.3) is 0 Å². The molecule has 1 saturated heterocycles. The van der Waals surface area contributed by atoms with Gasteiger partial charge >= 0.3 is 5.97 Å². The van der Waals surface area contributed by atoms with Gasteiger partial charge in [0, 0.05) is 18.1 Å². The van der Waals surface area contributed by atoms with E-state index >= 15 is 0 Å². The molecule has 0 aromatic heterocycles. The molecule has 8 atom stereocenters. The number of aldehydes is 1. The standard InChI is InChI=1S/C27H38O5/c1-3-24(29)32-23-10-9-21-20-8-7-18-16-19(31-25-6-4-5-15-30-25)11-14-27(18,17-28)22(20)12-13-26(21,23)2/h3,16-17,19-23,25H,1,4-15H2,2H3/t19-,20-,21-,22-,23-,25?,26-,27+/m0/s1. The molecule has 32 heavy (non-hydrogen) atoms. The molecule has 0 spiro atoms. The molecule has 3 saturated carbocycles. The van der Waals surface area contributed by atoms with Gasteiger partial charge in [-0.2, -0.15) is 0 Å². The predicted molar refractivity (Wildman–Crippen MR) is 121 cm³/mol. The Labute approximate surface area is 191 Å². The molecule has 4 fully saturated rings. The van der Waals surface area contributed by atoms with Crippen LogP contribution in [0, 0.1) is 28.6 Å². The number of hydrogen-bond acceptors (Lipinski definition) is 5. The monoisotopic (exact) mass is 442 g/mol. The highest BCUT2D eigenvalue weighted by atomic mass is 16.7. The lowest BCUT2D eigenvalue weighted by molar-refractivity contribution is -0.183. The average Bonchev–Trinajstić information content (AvgIpc) is 3.15. The number of rotatable bonds is 5. The zero-order chi connectivity index (χ0) is 22.3. The first-order valence-electron chi connectivity index (χ1n) is 12.8. The fraction of sp³-hybridized carbons (Fsp3) is 0.778. The molecule has 5 aliphatic rings. The van der Waals surface area contributed by atoms with Gasteiger partial charge in [0.05, 0.1) is 11.5 Å². The number of carbonyl (C=O) groups is 2. The second-order valence-electron chi connectivity index (χ2n) is 11.0. The van der Waals surface area contributed by atoms with Crippen molar-refractivity contribution < 1.29 is 23.8 Å². The van der Waals surface area contributed by atoms with Crippen molar-refractivity contribution in [3.8, 4) is 0 Å². The molecule has 0 aromatic carbocycles. The summed E-state index contributed by atoms with van der Waals surface area (Å²) in [4.78, 5) is 24.6. The molecular weight excluding hydrogens is 404 g/mol. The SMILES string of the molecule is C=CC(=O)O[C@H]1CC[C@H]2[C@@H]3CCC4=C[C@@H](OC5CCCCO5)CC[C@]4(C=O)[C@H]3CC[C@]12C. The third-order valence-electron chi connectivity index (χ3n) is 9.69. The topological polar surface area (TPSA) is 61.8 Å². The number of fused-ring (bicyclic) bond motifs is 5. The maximum Gasteiger partial charge on any atom is 0.330 e. The first kappa shape index (κ1) is 22.3. The molecule has 5 heteroatoms. The highest BCUT2D eigenvalue weighted by molar-refractivity contribution is 5.81. The van der Waals surface area contributed by atoms with E-state index in [2.05, 4.69) is 19.6 Å². The molecule has 5 rings (SSSR count). The van der Waals surface area contributed by atoms with Gasteiger partial charge in [0.1, 0.15) is 12.4 Å². The molecule has 176 valence electrons. The van der Waals surface area contributed by atoms with Crippen molar-refractivity contribution in [1.82, 2.24) is 0 Å². The Kier molecular flexibility index (Phi) is 6.08. The minimum atomic E-state index is -0.326. The third-order valence-corrected chi connectivity index (χ3v) is 9.69. The van der Waals surface area contributed by atoms with E-state index in [-0.39, 0.29) is 35.3 Å². The fourth-order valence-electron chi connectivity index (χ4n) is 8.07. The summed E-state index contributed by atoms with van der Waals surface area (Å²) in [6, 6.07) is 0. The van der Waals surface area contributed by atoms with Crippen LogP contribution < -0.4 is 0 Å². The average molecular weight is 443 g/mol. The maximum absolute atomic E-state index is 12.7. The lowest BCUT2D eigenvalue weighted by atomic mass is 9.47. The Morgan fingerprint density at radius 2 is 2.00 bits per heavy atom. The first-order chi connectivity index (χ1) is 15.5. The number of allylic oxidation sites excluding steroid dienone is 1. The summed E-state index contributed by atoms with van der Waals surface area (Å²) in [6.45, 7) is 6.67. The van der Waals surface area contributed by atoms with Gasteiger partial charge in [-0.3, -0.25) is 0 Å². The minimum Gasteiger partial charge on any atom is -0.459 e. The van der Waals surface area contributed by atoms with Crippen LogP contribution in [0.1, 0.15) is 77.6 Å². The zero-order valence-corrected chi connectivity index (χ0v) is 19.4. The van der Waals surface area contributed by atoms with Crippen molar-refractivity contribution in [2.45, 2.75) is 96.1 Å². The summed E-state index contributed by atoms with van der Waals surface area (Å²) in [6.07, 6.45) is 16.0. The highest BCUT2D eigenvalue weighted by Gasteiger charge is 2.61. The van der Waals surface area contributed by atoms with Crippen LogP contribution >= 0.6 is 0 Å². The fourth-order valence-corrected chi connectivity index (χ4v) is 8.07. The van der Waals surface area contributed by atoms with E-state index in [9.17, 15) is 9.59 Å². The molecule has 5 nitrogen and oxygen atoms in total. The van der Waals surface area contributed by atoms with Crippen molar-refractivity contribution in [2.75, 3.05) is 6.61 Å². The van der Waals surface area contributed by atoms with Crippen LogP contribution in [0.15, 0.2) is 24.3 Å². The molecule has 0 aromatic rings. The van der Waals surface area contributed by atoms with Crippen LogP contribution in [0.5, 0.6) is 0 Å². The normalized spacial score (nSPS) is 45.6. The van der Waals surface area contributed by atoms with E-state index in [1.165, 1.54) is 24.4 Å². The first-order valence-corrected chi connectivity index (χ1v) is 12.8. The van der Waals surface area contributed by atoms with E-state index < -0.39 is 0 Å². The summed E-state index contributed by atoms with van der Waals surface area (Å²) >= 11 is 0. The van der Waals surface area contributed by atoms with Gasteiger partial charge < -0.3 is 19.0 Å². The molecule has 0 N–H and O–H groups in total. The van der Waals surface area contributed by atoms with Gasteiger partial charge in [0.15, 0.2) is 6.29 Å². The van der Waals surface area contributed by atoms with Gasteiger partial charge in [0.2, 0.25) is 0 Å². The Balaban J connectivity index is 1.34. The second-order valence-corrected chi connectivity index (χ2v) is 11.0. The van der Waals surface area contributed by atoms with Crippen LogP contribution in [0.2, 0.25) is 0 Å². The van der Waals surface area contributed by atoms with Gasteiger partial charge in [-0.05, 0) is 88.4 Å². The van der Waals surface area contributed by atoms with Crippen molar-refractivity contribution >= 4 is 12.3 Å². The van der Waals surface area contributed by atoms with E-state index in [4.69, 9.17) is 14.2 Å². The minimum absolute atomic E-state index is 0.0176. The molecule has 1 aliphatic heterocycles. The molecule has 0 bridgehead atoms. The summed E-state index contributed by atoms with van der Waals surface area (Å²) in [7, 11) is 0. The molecule has 1 unspecified atom stereocenters. The Morgan fingerprint density at radius 3 is 2.75 bits per heavy atom. The Morgan fingerprint density at radius 1 is 1.12 bits per heavy atom. The van der Waals surface area contributed by atoms with E-state index in [0.717, 1.165) is 70.8 Å². The Bertz CT molecular complexity index is 783. The zero-order valence-electron chi connectivity index (χ0n) is 19.4. The van der Waals surface area contributed by atoms with Crippen LogP contribution in [-0.2, 0) is 23.8 Å². The lowest BCUT2D eigenvalue weighted by Crippen LogP contribution is -2.53. The van der Waals surface area contributed by atoms with Gasteiger partial charge in [-0.25, -0.2) is 4.79 Å². The Hall–Kier alpha value is -1.46. The summed E-state index contributed by atoms with van der Waals surface area (Å²) < 4.78 is 17.9. The van der Waals surface area contributed by atoms with E-state index in [0.29, 0.717) is 17.8 Å². The molecule has 0 amide bonds. The largest absolute Gasteiger partial charge is 0.459 e. The predicted octanol–water partition coefficient (Wildman–Crippen LogP) is 5.14. The van der Waals surface area contributed by atoms with Crippen molar-refractivity contribution in [3.05, 3.63) is 24.3 Å². The van der Waals surface area contributed by atoms with Crippen molar-refractivity contribution in [1.29, 1.82) is 0 Å². The summed E-state index contributed by atoms with van der Waals surface area (Å²) in [5, 5.41) is 0. The smallest absolute Gasteiger partial charge is 0.330 e. The van der Waals surface area contributed by atoms with Crippen molar-refractivity contribution in [2.24, 2.45) is 28.6 Å². The molecular formula is C27H38O5. The van der Waals surface area contributed by atoms with Gasteiger partial charge in [-0.15, -0.1) is 0 Å². The van der Waals surface area contributed by atoms with Gasteiger partial charge in [-0.1, -0.05) is 25.2 Å². The van der Waals surface area contributed by atoms with Crippen LogP contribution in [0.3, 0.4) is 0 Å². The number of esters is 1. The lowest BCUT2D eigenvalue weighted by Gasteiger charge is -2.57. The quantitative estimate of drug-likeness (QED) is 0.255. The number of hydrogen-bond donors (Lipinski definition) is 0. The number of ether oxygens (including phenoxy) is 3. The molecule has 0 radical (unpaired) electrons. The highest BCUT2D eigenvalue weighted by Crippen LogP contribution is 2.65. The summed E-state index contributed by atoms with van der Waals surface area (Å²) in [5.41, 5.74) is 1.01. The van der Waals surface area contributed by atoms with Crippen LogP contribution in [0.4, 0.5) is 0 Å². The third kappa shape index (κ3) is 3.60. The van der Waals surface area contributed by atoms with Crippen LogP contribution in [0.25, 0.3) is 0 Å². The van der Waals surface area contributed by atoms with Crippen molar-refractivity contribution in [3.63, 3.8) is 0 Å². The molecule has 4 aliphatic carbocycles. The second kappa shape index (κ2) is 8.72. The summed E-state index contributed by atoms with van der Waals surface area (Å²) in [5.74, 6) is 1.14. The molecule has 1 heterocycles. The maximum atomic E-state index is 12.7. The van der Waals surface area contributed by atoms with Crippen LogP contribution in [-0.4, -0.2) is 37.4 Å². The van der Waals surface area contributed by atoms with E-state index in [1.54, 1.807) is 0 Å².